The summed E-state index contributed by atoms with van der Waals surface area (Å²) in [6.07, 6.45) is 1.34. The van der Waals surface area contributed by atoms with Crippen molar-refractivity contribution >= 4 is 5.91 Å². The Balaban J connectivity index is 1.85. The lowest BCUT2D eigenvalue weighted by Gasteiger charge is -2.31. The average Bonchev–Trinajstić information content (AvgIpc) is 2.62. The quantitative estimate of drug-likeness (QED) is 0.942. The zero-order valence-corrected chi connectivity index (χ0v) is 13.6. The van der Waals surface area contributed by atoms with E-state index in [-0.39, 0.29) is 22.9 Å². The molecule has 5 nitrogen and oxygen atoms in total. The fraction of sp³-hybridized carbons (Fsp3) is 0.316. The molecule has 0 saturated heterocycles. The van der Waals surface area contributed by atoms with E-state index in [1.54, 1.807) is 6.07 Å². The van der Waals surface area contributed by atoms with E-state index in [1.165, 1.54) is 0 Å². The van der Waals surface area contributed by atoms with E-state index in [0.717, 1.165) is 23.2 Å². The fourth-order valence-electron chi connectivity index (χ4n) is 3.24. The number of aromatic amines is 1. The summed E-state index contributed by atoms with van der Waals surface area (Å²) in [7, 11) is 0. The van der Waals surface area contributed by atoms with Gasteiger partial charge in [-0.15, -0.1) is 0 Å². The van der Waals surface area contributed by atoms with Crippen LogP contribution in [0.15, 0.2) is 41.2 Å². The highest BCUT2D eigenvalue weighted by Crippen LogP contribution is 2.25. The van der Waals surface area contributed by atoms with Crippen LogP contribution in [0.2, 0.25) is 0 Å². The summed E-state index contributed by atoms with van der Waals surface area (Å²) >= 11 is 0. The first-order chi connectivity index (χ1) is 11.6. The van der Waals surface area contributed by atoms with Gasteiger partial charge in [0.05, 0.1) is 5.92 Å². The van der Waals surface area contributed by atoms with E-state index >= 15 is 0 Å². The molecule has 1 aromatic heterocycles. The number of amides is 1. The van der Waals surface area contributed by atoms with Crippen molar-refractivity contribution in [3.8, 4) is 6.07 Å². The van der Waals surface area contributed by atoms with Crippen molar-refractivity contribution in [3.05, 3.63) is 69.1 Å². The normalized spacial score (nSPS) is 14.6. The summed E-state index contributed by atoms with van der Waals surface area (Å²) in [5, 5.41) is 9.02. The standard InChI is InChI=1S/C19H19N3O2/c1-2-16(13-6-4-3-5-7-13)19(24)22-9-8-17-15(12-22)10-14(11-20)18(23)21-17/h3-7,10,16H,2,8-9,12H2,1H3,(H,21,23)/t16-/m0/s1. The molecular weight excluding hydrogens is 302 g/mol. The van der Waals surface area contributed by atoms with Crippen molar-refractivity contribution < 1.29 is 4.79 Å². The first-order valence-corrected chi connectivity index (χ1v) is 8.13. The number of carbonyl (C=O) groups excluding carboxylic acids is 1. The molecule has 0 aliphatic carbocycles. The van der Waals surface area contributed by atoms with Gasteiger partial charge in [-0.3, -0.25) is 9.59 Å². The lowest BCUT2D eigenvalue weighted by atomic mass is 9.93. The van der Waals surface area contributed by atoms with E-state index in [0.29, 0.717) is 19.5 Å². The largest absolute Gasteiger partial charge is 0.337 e. The Morgan fingerprint density at radius 1 is 1.38 bits per heavy atom. The van der Waals surface area contributed by atoms with Gasteiger partial charge in [0, 0.05) is 25.2 Å². The maximum absolute atomic E-state index is 12.9. The van der Waals surface area contributed by atoms with E-state index in [1.807, 2.05) is 48.2 Å². The number of aromatic nitrogens is 1. The van der Waals surface area contributed by atoms with Crippen LogP contribution in [0.1, 0.15) is 41.6 Å². The second kappa shape index (κ2) is 6.71. The number of nitrogens with zero attached hydrogens (tertiary/aromatic N) is 2. The van der Waals surface area contributed by atoms with Gasteiger partial charge in [0.1, 0.15) is 11.6 Å². The number of H-pyrrole nitrogens is 1. The Bertz CT molecular complexity index is 849. The molecule has 0 unspecified atom stereocenters. The van der Waals surface area contributed by atoms with Crippen molar-refractivity contribution in [2.45, 2.75) is 32.2 Å². The van der Waals surface area contributed by atoms with Gasteiger partial charge in [-0.1, -0.05) is 37.3 Å². The summed E-state index contributed by atoms with van der Waals surface area (Å²) in [6, 6.07) is 13.3. The molecule has 5 heteroatoms. The molecule has 2 heterocycles. The summed E-state index contributed by atoms with van der Waals surface area (Å²) in [6.45, 7) is 3.03. The van der Waals surface area contributed by atoms with Gasteiger partial charge in [-0.05, 0) is 23.6 Å². The van der Waals surface area contributed by atoms with Crippen molar-refractivity contribution in [2.75, 3.05) is 6.54 Å². The second-order valence-corrected chi connectivity index (χ2v) is 6.01. The zero-order valence-electron chi connectivity index (χ0n) is 13.6. The third kappa shape index (κ3) is 2.95. The molecule has 3 rings (SSSR count). The van der Waals surface area contributed by atoms with Crippen LogP contribution >= 0.6 is 0 Å². The number of nitrogens with one attached hydrogen (secondary N) is 1. The highest BCUT2D eigenvalue weighted by Gasteiger charge is 2.28. The molecule has 0 radical (unpaired) electrons. The highest BCUT2D eigenvalue weighted by molar-refractivity contribution is 5.84. The molecule has 1 atom stereocenters. The third-order valence-corrected chi connectivity index (χ3v) is 4.55. The molecule has 2 aromatic rings. The molecule has 1 amide bonds. The monoisotopic (exact) mass is 321 g/mol. The van der Waals surface area contributed by atoms with Gasteiger partial charge in [0.15, 0.2) is 0 Å². The maximum atomic E-state index is 12.9. The van der Waals surface area contributed by atoms with Crippen LogP contribution in [0.25, 0.3) is 0 Å². The van der Waals surface area contributed by atoms with Crippen LogP contribution in [-0.4, -0.2) is 22.3 Å². The Labute approximate surface area is 140 Å². The highest BCUT2D eigenvalue weighted by atomic mass is 16.2. The second-order valence-electron chi connectivity index (χ2n) is 6.01. The number of carbonyl (C=O) groups is 1. The van der Waals surface area contributed by atoms with Crippen LogP contribution in [-0.2, 0) is 17.8 Å². The van der Waals surface area contributed by atoms with Gasteiger partial charge < -0.3 is 9.88 Å². The molecule has 0 bridgehead atoms. The smallest absolute Gasteiger partial charge is 0.266 e. The minimum atomic E-state index is -0.355. The molecule has 0 spiro atoms. The minimum Gasteiger partial charge on any atom is -0.337 e. The van der Waals surface area contributed by atoms with E-state index in [9.17, 15) is 9.59 Å². The summed E-state index contributed by atoms with van der Waals surface area (Å²) in [5.41, 5.74) is 2.45. The van der Waals surface area contributed by atoms with Crippen molar-refractivity contribution in [1.29, 1.82) is 5.26 Å². The summed E-state index contributed by atoms with van der Waals surface area (Å²) < 4.78 is 0. The Hall–Kier alpha value is -2.87. The van der Waals surface area contributed by atoms with Gasteiger partial charge in [0.25, 0.3) is 5.56 Å². The van der Waals surface area contributed by atoms with Crippen LogP contribution < -0.4 is 5.56 Å². The molecular formula is C19H19N3O2. The number of fused-ring (bicyclic) bond motifs is 1. The molecule has 0 fully saturated rings. The average molecular weight is 321 g/mol. The summed E-state index contributed by atoms with van der Waals surface area (Å²) in [5.74, 6) is -0.0648. The molecule has 1 aliphatic heterocycles. The molecule has 24 heavy (non-hydrogen) atoms. The third-order valence-electron chi connectivity index (χ3n) is 4.55. The fourth-order valence-corrected chi connectivity index (χ4v) is 3.24. The number of hydrogen-bond acceptors (Lipinski definition) is 3. The first-order valence-electron chi connectivity index (χ1n) is 8.13. The van der Waals surface area contributed by atoms with Crippen LogP contribution in [0.5, 0.6) is 0 Å². The van der Waals surface area contributed by atoms with Crippen LogP contribution in [0, 0.1) is 11.3 Å². The SMILES string of the molecule is CC[C@H](C(=O)N1CCc2[nH]c(=O)c(C#N)cc2C1)c1ccccc1. The van der Waals surface area contributed by atoms with Crippen LogP contribution in [0.4, 0.5) is 0 Å². The van der Waals surface area contributed by atoms with E-state index in [2.05, 4.69) is 4.98 Å². The van der Waals surface area contributed by atoms with Crippen molar-refractivity contribution in [3.63, 3.8) is 0 Å². The Morgan fingerprint density at radius 2 is 2.12 bits per heavy atom. The molecule has 122 valence electrons. The van der Waals surface area contributed by atoms with Gasteiger partial charge in [-0.25, -0.2) is 0 Å². The maximum Gasteiger partial charge on any atom is 0.266 e. The zero-order chi connectivity index (χ0) is 17.1. The number of hydrogen-bond donors (Lipinski definition) is 1. The van der Waals surface area contributed by atoms with Gasteiger partial charge >= 0.3 is 0 Å². The Morgan fingerprint density at radius 3 is 2.79 bits per heavy atom. The van der Waals surface area contributed by atoms with Crippen molar-refractivity contribution in [2.24, 2.45) is 0 Å². The van der Waals surface area contributed by atoms with Crippen LogP contribution in [0.3, 0.4) is 0 Å². The molecule has 1 aromatic carbocycles. The van der Waals surface area contributed by atoms with Crippen molar-refractivity contribution in [1.82, 2.24) is 9.88 Å². The minimum absolute atomic E-state index is 0.0955. The van der Waals surface area contributed by atoms with Gasteiger partial charge in [-0.2, -0.15) is 5.26 Å². The molecule has 1 N–H and O–H groups in total. The van der Waals surface area contributed by atoms with E-state index < -0.39 is 0 Å². The van der Waals surface area contributed by atoms with E-state index in [4.69, 9.17) is 5.26 Å². The number of nitriles is 1. The predicted octanol–water partition coefficient (Wildman–Crippen LogP) is 2.33. The number of pyridine rings is 1. The number of rotatable bonds is 3. The first kappa shape index (κ1) is 16.0. The van der Waals surface area contributed by atoms with Gasteiger partial charge in [0.2, 0.25) is 5.91 Å². The predicted molar refractivity (Wildman–Crippen MR) is 90.4 cm³/mol. The lowest BCUT2D eigenvalue weighted by molar-refractivity contribution is -0.133. The Kier molecular flexibility index (Phi) is 4.48. The number of benzene rings is 1. The molecule has 0 saturated carbocycles. The molecule has 1 aliphatic rings. The lowest BCUT2D eigenvalue weighted by Crippen LogP contribution is -2.40. The summed E-state index contributed by atoms with van der Waals surface area (Å²) in [4.78, 5) is 29.3. The topological polar surface area (TPSA) is 77.0 Å².